The van der Waals surface area contributed by atoms with Gasteiger partial charge in [-0.1, -0.05) is 13.0 Å². The van der Waals surface area contributed by atoms with Crippen molar-refractivity contribution >= 4 is 5.97 Å². The first-order chi connectivity index (χ1) is 7.29. The highest BCUT2D eigenvalue weighted by Gasteiger charge is 2.38. The molecule has 0 aromatic rings. The van der Waals surface area contributed by atoms with Gasteiger partial charge in [-0.15, -0.1) is 0 Å². The molecule has 0 aromatic carbocycles. The largest absolute Gasteiger partial charge is 0.490 e. The fourth-order valence-corrected chi connectivity index (χ4v) is 1.29. The maximum atomic E-state index is 10.6. The first-order valence-electron chi connectivity index (χ1n) is 5.00. The Labute approximate surface area is 92.5 Å². The van der Waals surface area contributed by atoms with E-state index in [1.165, 1.54) is 31.6 Å². The van der Waals surface area contributed by atoms with Crippen LogP contribution >= 0.6 is 0 Å². The number of carboxylic acid groups (broad SMARTS) is 1. The Morgan fingerprint density at radius 2 is 2.06 bits per heavy atom. The van der Waals surface area contributed by atoms with Gasteiger partial charge in [0.25, 0.3) is 0 Å². The van der Waals surface area contributed by atoms with Crippen LogP contribution in [0.4, 0.5) is 13.2 Å². The van der Waals surface area contributed by atoms with E-state index >= 15 is 0 Å². The van der Waals surface area contributed by atoms with E-state index in [4.69, 9.17) is 9.90 Å². The third-order valence-corrected chi connectivity index (χ3v) is 2.07. The Morgan fingerprint density at radius 3 is 2.31 bits per heavy atom. The Bertz CT molecular complexity index is 261. The molecule has 0 spiro atoms. The lowest BCUT2D eigenvalue weighted by atomic mass is 10.4. The maximum Gasteiger partial charge on any atom is 0.490 e. The van der Waals surface area contributed by atoms with Crippen LogP contribution in [-0.4, -0.2) is 35.2 Å². The molecule has 1 aliphatic heterocycles. The van der Waals surface area contributed by atoms with E-state index in [-0.39, 0.29) is 0 Å². The van der Waals surface area contributed by atoms with Gasteiger partial charge in [-0.3, -0.25) is 0 Å². The van der Waals surface area contributed by atoms with Crippen LogP contribution in [0.15, 0.2) is 11.8 Å². The molecule has 0 saturated carbocycles. The molecule has 0 aliphatic carbocycles. The molecule has 1 heterocycles. The number of carbonyl (C=O) groups is 1. The summed E-state index contributed by atoms with van der Waals surface area (Å²) in [5.41, 5.74) is 1.47. The number of hydrogen-bond acceptors (Lipinski definition) is 2. The molecule has 0 unspecified atom stereocenters. The fourth-order valence-electron chi connectivity index (χ4n) is 1.29. The van der Waals surface area contributed by atoms with Crippen LogP contribution in [-0.2, 0) is 4.79 Å². The number of nitrogens with zero attached hydrogens (tertiary/aromatic N) is 1. The van der Waals surface area contributed by atoms with Crippen LogP contribution in [0.25, 0.3) is 0 Å². The molecule has 0 radical (unpaired) electrons. The van der Waals surface area contributed by atoms with Crippen LogP contribution in [0.3, 0.4) is 0 Å². The minimum Gasteiger partial charge on any atom is -0.475 e. The number of halogens is 3. The van der Waals surface area contributed by atoms with Gasteiger partial charge in [0.1, 0.15) is 0 Å². The second-order valence-corrected chi connectivity index (χ2v) is 3.42. The van der Waals surface area contributed by atoms with E-state index < -0.39 is 12.1 Å². The highest BCUT2D eigenvalue weighted by atomic mass is 19.4. The molecule has 0 amide bonds. The van der Waals surface area contributed by atoms with Crippen molar-refractivity contribution in [2.24, 2.45) is 0 Å². The third kappa shape index (κ3) is 5.63. The monoisotopic (exact) mass is 239 g/mol. The van der Waals surface area contributed by atoms with Crippen molar-refractivity contribution in [1.29, 1.82) is 0 Å². The van der Waals surface area contributed by atoms with Crippen molar-refractivity contribution in [1.82, 2.24) is 4.90 Å². The standard InChI is InChI=1S/C8H15N.C2HF3O2/c1-3-6-9-7-4-5-8(9)2;3-2(4,5)1(6)7/h5H,3-4,6-7H2,1-2H3;(H,6,7). The lowest BCUT2D eigenvalue weighted by Crippen LogP contribution is -2.21. The van der Waals surface area contributed by atoms with Gasteiger partial charge in [-0.2, -0.15) is 13.2 Å². The molecular formula is C10H16F3NO2. The Morgan fingerprint density at radius 1 is 1.56 bits per heavy atom. The van der Waals surface area contributed by atoms with Crippen LogP contribution in [0.1, 0.15) is 26.7 Å². The first-order valence-corrected chi connectivity index (χ1v) is 5.00. The van der Waals surface area contributed by atoms with Gasteiger partial charge in [-0.25, -0.2) is 4.79 Å². The van der Waals surface area contributed by atoms with E-state index in [1.807, 2.05) is 0 Å². The molecular weight excluding hydrogens is 223 g/mol. The van der Waals surface area contributed by atoms with Crippen LogP contribution in [0.5, 0.6) is 0 Å². The summed E-state index contributed by atoms with van der Waals surface area (Å²) in [7, 11) is 0. The highest BCUT2D eigenvalue weighted by Crippen LogP contribution is 2.13. The normalized spacial score (nSPS) is 15.3. The summed E-state index contributed by atoms with van der Waals surface area (Å²) in [6, 6.07) is 0. The van der Waals surface area contributed by atoms with Crippen molar-refractivity contribution < 1.29 is 23.1 Å². The van der Waals surface area contributed by atoms with E-state index in [1.54, 1.807) is 0 Å². The minimum atomic E-state index is -5.08. The fraction of sp³-hybridized carbons (Fsp3) is 0.700. The van der Waals surface area contributed by atoms with Crippen LogP contribution in [0.2, 0.25) is 0 Å². The van der Waals surface area contributed by atoms with Gasteiger partial charge in [0.05, 0.1) is 0 Å². The zero-order chi connectivity index (χ0) is 12.8. The molecule has 0 aromatic heterocycles. The maximum absolute atomic E-state index is 10.6. The van der Waals surface area contributed by atoms with E-state index in [9.17, 15) is 13.2 Å². The lowest BCUT2D eigenvalue weighted by molar-refractivity contribution is -0.192. The molecule has 1 rings (SSSR count). The van der Waals surface area contributed by atoms with Gasteiger partial charge >= 0.3 is 12.1 Å². The topological polar surface area (TPSA) is 40.5 Å². The quantitative estimate of drug-likeness (QED) is 0.805. The molecule has 16 heavy (non-hydrogen) atoms. The average Bonchev–Trinajstić information content (AvgIpc) is 2.52. The van der Waals surface area contributed by atoms with E-state index in [0.717, 1.165) is 0 Å². The summed E-state index contributed by atoms with van der Waals surface area (Å²) in [4.78, 5) is 11.3. The molecule has 1 N–H and O–H groups in total. The summed E-state index contributed by atoms with van der Waals surface area (Å²) < 4.78 is 31.7. The Hall–Kier alpha value is -1.20. The zero-order valence-corrected chi connectivity index (χ0v) is 9.34. The second kappa shape index (κ2) is 6.40. The lowest BCUT2D eigenvalue weighted by Gasteiger charge is -2.18. The summed E-state index contributed by atoms with van der Waals surface area (Å²) >= 11 is 0. The summed E-state index contributed by atoms with van der Waals surface area (Å²) in [5.74, 6) is -2.76. The average molecular weight is 239 g/mol. The number of hydrogen-bond donors (Lipinski definition) is 1. The Balaban J connectivity index is 0.000000293. The van der Waals surface area contributed by atoms with Gasteiger partial charge in [0, 0.05) is 18.8 Å². The Kier molecular flexibility index (Phi) is 5.92. The van der Waals surface area contributed by atoms with E-state index in [0.29, 0.717) is 0 Å². The molecule has 0 saturated heterocycles. The first kappa shape index (κ1) is 14.8. The van der Waals surface area contributed by atoms with Gasteiger partial charge in [0.2, 0.25) is 0 Å². The van der Waals surface area contributed by atoms with Crippen molar-refractivity contribution in [3.8, 4) is 0 Å². The molecule has 3 nitrogen and oxygen atoms in total. The zero-order valence-electron chi connectivity index (χ0n) is 9.34. The summed E-state index contributed by atoms with van der Waals surface area (Å²) in [6.07, 6.45) is -0.243. The van der Waals surface area contributed by atoms with Crippen molar-refractivity contribution in [3.05, 3.63) is 11.8 Å². The molecule has 0 atom stereocenters. The molecule has 0 fully saturated rings. The number of alkyl halides is 3. The van der Waals surface area contributed by atoms with Crippen LogP contribution in [0, 0.1) is 0 Å². The van der Waals surface area contributed by atoms with Gasteiger partial charge in [-0.05, 0) is 19.8 Å². The molecule has 1 aliphatic rings. The van der Waals surface area contributed by atoms with Crippen LogP contribution < -0.4 is 0 Å². The highest BCUT2D eigenvalue weighted by molar-refractivity contribution is 5.73. The van der Waals surface area contributed by atoms with E-state index in [2.05, 4.69) is 24.8 Å². The molecule has 0 bridgehead atoms. The van der Waals surface area contributed by atoms with Crippen molar-refractivity contribution in [2.45, 2.75) is 32.9 Å². The molecule has 94 valence electrons. The van der Waals surface area contributed by atoms with Gasteiger partial charge in [0.15, 0.2) is 0 Å². The SMILES string of the molecule is CCCN1CCC=C1C.O=C(O)C(F)(F)F. The third-order valence-electron chi connectivity index (χ3n) is 2.07. The predicted molar refractivity (Wildman–Crippen MR) is 53.9 cm³/mol. The van der Waals surface area contributed by atoms with Gasteiger partial charge < -0.3 is 10.0 Å². The number of aliphatic carboxylic acids is 1. The smallest absolute Gasteiger partial charge is 0.475 e. The predicted octanol–water partition coefficient (Wildman–Crippen LogP) is 2.64. The summed E-state index contributed by atoms with van der Waals surface area (Å²) in [6.45, 7) is 6.91. The van der Waals surface area contributed by atoms with Crippen molar-refractivity contribution in [2.75, 3.05) is 13.1 Å². The number of allylic oxidation sites excluding steroid dienone is 1. The summed E-state index contributed by atoms with van der Waals surface area (Å²) in [5, 5.41) is 7.12. The number of carboxylic acids is 1. The molecule has 6 heteroatoms. The van der Waals surface area contributed by atoms with Crippen molar-refractivity contribution in [3.63, 3.8) is 0 Å². The number of rotatable bonds is 2. The second-order valence-electron chi connectivity index (χ2n) is 3.42. The minimum absolute atomic E-state index is 1.24.